The molecule has 0 amide bonds. The summed E-state index contributed by atoms with van der Waals surface area (Å²) >= 11 is 0. The molecule has 0 heterocycles. The predicted octanol–water partition coefficient (Wildman–Crippen LogP) is 7.26. The predicted molar refractivity (Wildman–Crippen MR) is 169 cm³/mol. The van der Waals surface area contributed by atoms with Crippen molar-refractivity contribution in [3.63, 3.8) is 0 Å². The van der Waals surface area contributed by atoms with Gasteiger partial charge in [0.1, 0.15) is 11.5 Å². The Balaban J connectivity index is 1.79. The van der Waals surface area contributed by atoms with Crippen LogP contribution in [0.4, 0.5) is 0 Å². The molecule has 4 heteroatoms. The van der Waals surface area contributed by atoms with Crippen molar-refractivity contribution in [2.45, 2.75) is 52.4 Å². The van der Waals surface area contributed by atoms with E-state index in [2.05, 4.69) is 126 Å². The minimum Gasteiger partial charge on any atom is -0.507 e. The summed E-state index contributed by atoms with van der Waals surface area (Å²) in [5.74, 6) is 0.855. The first-order chi connectivity index (χ1) is 18.0. The van der Waals surface area contributed by atoms with E-state index in [-0.39, 0.29) is 10.8 Å². The number of hydrogen-bond acceptors (Lipinski definition) is 2. The first-order valence-electron chi connectivity index (χ1n) is 13.3. The summed E-state index contributed by atoms with van der Waals surface area (Å²) in [6.45, 7) is 12.9. The zero-order valence-corrected chi connectivity index (χ0v) is 25.2. The number of hydrogen-bond donors (Lipinski definition) is 2. The third-order valence-electron chi connectivity index (χ3n) is 6.91. The highest BCUT2D eigenvalue weighted by Gasteiger charge is 2.28. The smallest absolute Gasteiger partial charge is 0.127 e. The van der Waals surface area contributed by atoms with Crippen LogP contribution < -0.4 is 21.2 Å². The fraction of sp³-hybridized carbons (Fsp3) is 0.294. The van der Waals surface area contributed by atoms with E-state index in [1.54, 1.807) is 0 Å². The maximum atomic E-state index is 11.5. The van der Waals surface area contributed by atoms with Crippen LogP contribution in [-0.4, -0.2) is 22.5 Å². The molecule has 0 fully saturated rings. The Labute approximate surface area is 231 Å². The highest BCUT2D eigenvalue weighted by atomic mass is 31.1. The van der Waals surface area contributed by atoms with E-state index in [1.807, 2.05) is 12.1 Å². The van der Waals surface area contributed by atoms with Crippen molar-refractivity contribution in [3.05, 3.63) is 108 Å². The summed E-state index contributed by atoms with van der Waals surface area (Å²) in [5.41, 5.74) is 1.68. The van der Waals surface area contributed by atoms with E-state index in [9.17, 15) is 10.2 Å². The summed E-state index contributed by atoms with van der Waals surface area (Å²) in [5, 5.41) is 27.6. The Hall–Kier alpha value is -2.66. The maximum Gasteiger partial charge on any atom is 0.127 e. The molecule has 2 atom stereocenters. The number of benzene rings is 4. The van der Waals surface area contributed by atoms with Gasteiger partial charge in [0.05, 0.1) is 0 Å². The van der Waals surface area contributed by atoms with Crippen LogP contribution in [-0.2, 0) is 10.8 Å². The lowest BCUT2D eigenvalue weighted by Gasteiger charge is -2.28. The summed E-state index contributed by atoms with van der Waals surface area (Å²) in [6.07, 6.45) is 1.83. The Bertz CT molecular complexity index is 1250. The van der Waals surface area contributed by atoms with Crippen LogP contribution in [0, 0.1) is 0 Å². The van der Waals surface area contributed by atoms with Crippen molar-refractivity contribution in [1.29, 1.82) is 0 Å². The quantitative estimate of drug-likeness (QED) is 0.241. The second-order valence-corrected chi connectivity index (χ2v) is 16.4. The Morgan fingerprint density at radius 1 is 0.474 bits per heavy atom. The Morgan fingerprint density at radius 2 is 0.816 bits per heavy atom. The van der Waals surface area contributed by atoms with Gasteiger partial charge in [-0.25, -0.2) is 0 Å². The van der Waals surface area contributed by atoms with E-state index < -0.39 is 15.8 Å². The van der Waals surface area contributed by atoms with Gasteiger partial charge in [-0.1, -0.05) is 139 Å². The molecule has 0 aromatic heterocycles. The molecular weight excluding hydrogens is 502 g/mol. The molecule has 0 aliphatic carbocycles. The van der Waals surface area contributed by atoms with Gasteiger partial charge in [-0.2, -0.15) is 0 Å². The normalized spacial score (nSPS) is 13.7. The largest absolute Gasteiger partial charge is 0.507 e. The van der Waals surface area contributed by atoms with Gasteiger partial charge >= 0.3 is 0 Å². The van der Waals surface area contributed by atoms with Gasteiger partial charge < -0.3 is 10.2 Å². The minimum absolute atomic E-state index is 0.145. The minimum atomic E-state index is -0.804. The van der Waals surface area contributed by atoms with Gasteiger partial charge in [-0.3, -0.25) is 0 Å². The third-order valence-corrected chi connectivity index (χ3v) is 12.3. The van der Waals surface area contributed by atoms with Crippen molar-refractivity contribution < 1.29 is 10.2 Å². The summed E-state index contributed by atoms with van der Waals surface area (Å²) in [4.78, 5) is 0. The van der Waals surface area contributed by atoms with Gasteiger partial charge in [-0.05, 0) is 60.7 Å². The van der Waals surface area contributed by atoms with Crippen LogP contribution in [0.3, 0.4) is 0 Å². The highest BCUT2D eigenvalue weighted by molar-refractivity contribution is 7.76. The molecular formula is C34H40O2P2. The Morgan fingerprint density at radius 3 is 1.13 bits per heavy atom. The average molecular weight is 543 g/mol. The molecule has 2 nitrogen and oxygen atoms in total. The molecule has 4 aromatic carbocycles. The maximum absolute atomic E-state index is 11.5. The molecule has 0 spiro atoms. The first kappa shape index (κ1) is 28.4. The van der Waals surface area contributed by atoms with Gasteiger partial charge in [0.25, 0.3) is 0 Å². The number of phenolic OH excluding ortho intramolecular Hbond substituents is 2. The topological polar surface area (TPSA) is 40.5 Å². The Kier molecular flexibility index (Phi) is 8.66. The fourth-order valence-electron chi connectivity index (χ4n) is 4.90. The van der Waals surface area contributed by atoms with E-state index in [0.717, 1.165) is 34.1 Å². The molecule has 0 saturated heterocycles. The first-order valence-corrected chi connectivity index (χ1v) is 16.3. The van der Waals surface area contributed by atoms with Gasteiger partial charge in [0.2, 0.25) is 0 Å². The number of para-hydroxylation sites is 2. The molecule has 0 aliphatic rings. The van der Waals surface area contributed by atoms with Gasteiger partial charge in [-0.15, -0.1) is 0 Å². The molecule has 2 unspecified atom stereocenters. The highest BCUT2D eigenvalue weighted by Crippen LogP contribution is 2.46. The molecule has 4 aromatic rings. The van der Waals surface area contributed by atoms with E-state index in [1.165, 1.54) is 10.6 Å². The molecule has 0 saturated carbocycles. The van der Waals surface area contributed by atoms with Crippen LogP contribution >= 0.6 is 15.8 Å². The molecule has 0 radical (unpaired) electrons. The van der Waals surface area contributed by atoms with Crippen molar-refractivity contribution in [2.75, 3.05) is 12.3 Å². The van der Waals surface area contributed by atoms with Crippen molar-refractivity contribution in [2.24, 2.45) is 0 Å². The van der Waals surface area contributed by atoms with Gasteiger partial charge in [0, 0.05) is 10.6 Å². The zero-order valence-electron chi connectivity index (χ0n) is 23.4. The second kappa shape index (κ2) is 11.6. The number of rotatable bonds is 7. The second-order valence-electron chi connectivity index (χ2n) is 11.8. The lowest BCUT2D eigenvalue weighted by atomic mass is 9.86. The number of aromatic hydroxyl groups is 2. The summed E-state index contributed by atoms with van der Waals surface area (Å²) in [6, 6.07) is 33.7. The molecule has 38 heavy (non-hydrogen) atoms. The lowest BCUT2D eigenvalue weighted by molar-refractivity contribution is 0.450. The fourth-order valence-corrected chi connectivity index (χ4v) is 10.4. The van der Waals surface area contributed by atoms with Crippen LogP contribution in [0.25, 0.3) is 0 Å². The van der Waals surface area contributed by atoms with Crippen LogP contribution in [0.2, 0.25) is 0 Å². The molecule has 198 valence electrons. The number of phenols is 2. The lowest BCUT2D eigenvalue weighted by Crippen LogP contribution is -2.23. The molecule has 0 aliphatic heterocycles. The van der Waals surface area contributed by atoms with Crippen LogP contribution in [0.5, 0.6) is 11.5 Å². The standard InChI is InChI=1S/C34H40O2P2/c1-33(2,3)27-19-13-21-29(31(27)35)37(25-15-9-7-10-16-25)23-24-38(26-17-11-8-12-18-26)30-22-14-20-28(32(30)36)34(4,5)6/h7-22,35-36H,23-24H2,1-6H3. The summed E-state index contributed by atoms with van der Waals surface area (Å²) < 4.78 is 0. The van der Waals surface area contributed by atoms with Crippen molar-refractivity contribution in [1.82, 2.24) is 0 Å². The molecule has 4 rings (SSSR count). The average Bonchev–Trinajstić information content (AvgIpc) is 2.87. The van der Waals surface area contributed by atoms with E-state index in [0.29, 0.717) is 11.5 Å². The SMILES string of the molecule is CC(C)(C)c1cccc(P(CCP(c2ccccc2)c2cccc(C(C)(C)C)c2O)c2ccccc2)c1O. The van der Waals surface area contributed by atoms with E-state index >= 15 is 0 Å². The van der Waals surface area contributed by atoms with E-state index in [4.69, 9.17) is 0 Å². The van der Waals surface area contributed by atoms with Crippen molar-refractivity contribution >= 4 is 37.1 Å². The third kappa shape index (κ3) is 6.31. The molecule has 2 N–H and O–H groups in total. The monoisotopic (exact) mass is 542 g/mol. The molecule has 0 bridgehead atoms. The summed E-state index contributed by atoms with van der Waals surface area (Å²) in [7, 11) is -1.61. The van der Waals surface area contributed by atoms with Crippen molar-refractivity contribution in [3.8, 4) is 11.5 Å². The van der Waals surface area contributed by atoms with Crippen LogP contribution in [0.15, 0.2) is 97.1 Å². The van der Waals surface area contributed by atoms with Crippen LogP contribution in [0.1, 0.15) is 52.7 Å². The zero-order chi connectivity index (χ0) is 27.5. The van der Waals surface area contributed by atoms with Gasteiger partial charge in [0.15, 0.2) is 0 Å².